The molecule has 1 rings (SSSR count). The first-order valence-electron chi connectivity index (χ1n) is 5.65. The van der Waals surface area contributed by atoms with E-state index in [2.05, 4.69) is 0 Å². The number of rotatable bonds is 7. The summed E-state index contributed by atoms with van der Waals surface area (Å²) < 4.78 is 5.20. The fraction of sp³-hybridized carbons (Fsp3) is 0.250. The molecule has 2 atom stereocenters. The van der Waals surface area contributed by atoms with Crippen molar-refractivity contribution in [3.05, 3.63) is 29.8 Å². The Kier molecular flexibility index (Phi) is 5.04. The van der Waals surface area contributed by atoms with Crippen LogP contribution in [0.3, 0.4) is 0 Å². The van der Waals surface area contributed by atoms with Gasteiger partial charge < -0.3 is 27.0 Å². The number of hydrogen-bond acceptors (Lipinski definition) is 5. The highest BCUT2D eigenvalue weighted by Gasteiger charge is 2.29. The quantitative estimate of drug-likeness (QED) is 0.492. The van der Waals surface area contributed by atoms with Gasteiger partial charge in [-0.2, -0.15) is 0 Å². The van der Waals surface area contributed by atoms with Crippen molar-refractivity contribution in [2.24, 2.45) is 17.2 Å². The number of carboxylic acid groups (broad SMARTS) is 1. The number of aliphatic carboxylic acids is 1. The topological polar surface area (TPSA) is 159 Å². The summed E-state index contributed by atoms with van der Waals surface area (Å²) in [4.78, 5) is 33.1. The minimum absolute atomic E-state index is 0.0185. The first kappa shape index (κ1) is 15.4. The van der Waals surface area contributed by atoms with Crippen LogP contribution in [0.2, 0.25) is 0 Å². The predicted octanol–water partition coefficient (Wildman–Crippen LogP) is -1.18. The van der Waals surface area contributed by atoms with Crippen molar-refractivity contribution in [2.75, 3.05) is 0 Å². The maximum atomic E-state index is 11.2. The van der Waals surface area contributed by atoms with Crippen molar-refractivity contribution in [3.63, 3.8) is 0 Å². The van der Waals surface area contributed by atoms with E-state index in [1.807, 2.05) is 0 Å². The number of hydrogen-bond donors (Lipinski definition) is 4. The predicted molar refractivity (Wildman–Crippen MR) is 68.8 cm³/mol. The average molecular weight is 281 g/mol. The molecule has 0 saturated carbocycles. The average Bonchev–Trinajstić information content (AvgIpc) is 2.34. The highest BCUT2D eigenvalue weighted by atomic mass is 16.5. The summed E-state index contributed by atoms with van der Waals surface area (Å²) in [5.74, 6) is -2.92. The van der Waals surface area contributed by atoms with Gasteiger partial charge in [-0.25, -0.2) is 4.79 Å². The normalized spacial score (nSPS) is 13.2. The fourth-order valence-electron chi connectivity index (χ4n) is 1.57. The molecule has 8 nitrogen and oxygen atoms in total. The van der Waals surface area contributed by atoms with E-state index in [9.17, 15) is 14.4 Å². The summed E-state index contributed by atoms with van der Waals surface area (Å²) >= 11 is 0. The van der Waals surface area contributed by atoms with Crippen molar-refractivity contribution in [1.82, 2.24) is 0 Å². The Labute approximate surface area is 114 Å². The van der Waals surface area contributed by atoms with Crippen molar-refractivity contribution >= 4 is 17.8 Å². The van der Waals surface area contributed by atoms with E-state index in [-0.39, 0.29) is 17.7 Å². The van der Waals surface area contributed by atoms with Crippen LogP contribution < -0.4 is 21.9 Å². The zero-order chi connectivity index (χ0) is 15.3. The largest absolute Gasteiger partial charge is 0.478 e. The minimum Gasteiger partial charge on any atom is -0.478 e. The van der Waals surface area contributed by atoms with E-state index in [0.717, 1.165) is 0 Å². The molecular weight excluding hydrogens is 266 g/mol. The summed E-state index contributed by atoms with van der Waals surface area (Å²) in [5, 5.41) is 9.07. The van der Waals surface area contributed by atoms with E-state index < -0.39 is 29.9 Å². The maximum absolute atomic E-state index is 11.2. The van der Waals surface area contributed by atoms with Gasteiger partial charge in [0.2, 0.25) is 12.0 Å². The Hall–Kier alpha value is -2.61. The van der Waals surface area contributed by atoms with Crippen molar-refractivity contribution in [2.45, 2.75) is 18.6 Å². The van der Waals surface area contributed by atoms with Gasteiger partial charge in [0.05, 0.1) is 11.6 Å². The first-order chi connectivity index (χ1) is 9.32. The number of primary amides is 2. The maximum Gasteiger partial charge on any atom is 0.346 e. The minimum atomic E-state index is -1.53. The molecule has 0 spiro atoms. The number of nitrogens with two attached hydrogens (primary N) is 3. The lowest BCUT2D eigenvalue weighted by Crippen LogP contribution is -2.46. The number of carboxylic acids is 1. The van der Waals surface area contributed by atoms with Crippen molar-refractivity contribution in [3.8, 4) is 5.75 Å². The third kappa shape index (κ3) is 3.95. The van der Waals surface area contributed by atoms with Crippen LogP contribution in [0.25, 0.3) is 0 Å². The Morgan fingerprint density at radius 3 is 2.30 bits per heavy atom. The molecule has 8 heteroatoms. The molecule has 0 aliphatic heterocycles. The van der Waals surface area contributed by atoms with Crippen molar-refractivity contribution < 1.29 is 24.2 Å². The molecule has 0 aromatic heterocycles. The van der Waals surface area contributed by atoms with Gasteiger partial charge in [-0.15, -0.1) is 0 Å². The zero-order valence-electron chi connectivity index (χ0n) is 10.5. The summed E-state index contributed by atoms with van der Waals surface area (Å²) in [6, 6.07) is 4.71. The fourth-order valence-corrected chi connectivity index (χ4v) is 1.57. The van der Waals surface area contributed by atoms with Crippen LogP contribution in [-0.4, -0.2) is 35.0 Å². The molecule has 0 aliphatic carbocycles. The third-order valence-electron chi connectivity index (χ3n) is 2.48. The molecule has 108 valence electrons. The molecule has 0 fully saturated rings. The number of amides is 2. The van der Waals surface area contributed by atoms with E-state index in [1.54, 1.807) is 12.1 Å². The molecule has 0 heterocycles. The van der Waals surface area contributed by atoms with Crippen LogP contribution in [0, 0.1) is 0 Å². The van der Waals surface area contributed by atoms with Crippen LogP contribution in [-0.2, 0) is 9.59 Å². The number of carbonyl (C=O) groups excluding carboxylic acids is 2. The number of para-hydroxylation sites is 1. The van der Waals surface area contributed by atoms with Gasteiger partial charge in [0.1, 0.15) is 5.75 Å². The monoisotopic (exact) mass is 281 g/mol. The lowest BCUT2D eigenvalue weighted by Gasteiger charge is -2.21. The number of ether oxygens (including phenoxy) is 1. The van der Waals surface area contributed by atoms with Gasteiger partial charge >= 0.3 is 5.97 Å². The molecule has 2 amide bonds. The Morgan fingerprint density at radius 1 is 1.20 bits per heavy atom. The molecule has 0 radical (unpaired) electrons. The zero-order valence-corrected chi connectivity index (χ0v) is 10.5. The van der Waals surface area contributed by atoms with Crippen LogP contribution in [0.5, 0.6) is 5.75 Å². The van der Waals surface area contributed by atoms with Gasteiger partial charge in [0.15, 0.2) is 0 Å². The van der Waals surface area contributed by atoms with Crippen LogP contribution >= 0.6 is 0 Å². The van der Waals surface area contributed by atoms with Gasteiger partial charge in [-0.3, -0.25) is 9.59 Å². The lowest BCUT2D eigenvalue weighted by molar-refractivity contribution is -0.146. The molecule has 0 aliphatic rings. The lowest BCUT2D eigenvalue weighted by atomic mass is 10.1. The summed E-state index contributed by atoms with van der Waals surface area (Å²) in [6.07, 6.45) is -1.89. The Balaban J connectivity index is 3.00. The molecule has 1 aromatic carbocycles. The smallest absolute Gasteiger partial charge is 0.346 e. The highest BCUT2D eigenvalue weighted by Crippen LogP contribution is 2.20. The summed E-state index contributed by atoms with van der Waals surface area (Å²) in [6.45, 7) is 0. The third-order valence-corrected chi connectivity index (χ3v) is 2.48. The van der Waals surface area contributed by atoms with Gasteiger partial charge in [-0.05, 0) is 12.1 Å². The van der Waals surface area contributed by atoms with E-state index in [0.29, 0.717) is 0 Å². The van der Waals surface area contributed by atoms with E-state index in [1.165, 1.54) is 12.1 Å². The number of benzene rings is 1. The molecule has 2 unspecified atom stereocenters. The second-order valence-corrected chi connectivity index (χ2v) is 4.07. The standard InChI is InChI=1S/C12H15N3O5/c13-7(5-9(14)16)10(12(18)19)20-8-4-2-1-3-6(8)11(15)17/h1-4,7,10H,5,13H2,(H2,14,16)(H2,15,17)(H,18,19). The molecule has 1 aromatic rings. The van der Waals surface area contributed by atoms with Crippen LogP contribution in [0.15, 0.2) is 24.3 Å². The summed E-state index contributed by atoms with van der Waals surface area (Å²) in [7, 11) is 0. The van der Waals surface area contributed by atoms with E-state index in [4.69, 9.17) is 27.0 Å². The molecule has 7 N–H and O–H groups in total. The Morgan fingerprint density at radius 2 is 1.80 bits per heavy atom. The number of carbonyl (C=O) groups is 3. The van der Waals surface area contributed by atoms with E-state index >= 15 is 0 Å². The summed E-state index contributed by atoms with van der Waals surface area (Å²) in [5.41, 5.74) is 15.7. The van der Waals surface area contributed by atoms with Gasteiger partial charge in [0, 0.05) is 6.42 Å². The SMILES string of the molecule is NC(=O)CC(N)C(Oc1ccccc1C(N)=O)C(=O)O. The first-order valence-corrected chi connectivity index (χ1v) is 5.65. The molecule has 0 saturated heterocycles. The van der Waals surface area contributed by atoms with Crippen LogP contribution in [0.4, 0.5) is 0 Å². The van der Waals surface area contributed by atoms with Gasteiger partial charge in [0.25, 0.3) is 5.91 Å². The molecular formula is C12H15N3O5. The second kappa shape index (κ2) is 6.53. The highest BCUT2D eigenvalue weighted by molar-refractivity contribution is 5.95. The second-order valence-electron chi connectivity index (χ2n) is 4.07. The van der Waals surface area contributed by atoms with Crippen LogP contribution in [0.1, 0.15) is 16.8 Å². The molecule has 20 heavy (non-hydrogen) atoms. The van der Waals surface area contributed by atoms with Crippen molar-refractivity contribution in [1.29, 1.82) is 0 Å². The Bertz CT molecular complexity index is 532. The molecule has 0 bridgehead atoms. The van der Waals surface area contributed by atoms with Gasteiger partial charge in [-0.1, -0.05) is 12.1 Å².